The fraction of sp³-hybridized carbons (Fsp3) is 0.400. The number of esters is 1. The number of rotatable bonds is 9. The van der Waals surface area contributed by atoms with Crippen molar-refractivity contribution in [2.24, 2.45) is 0 Å². The smallest absolute Gasteiger partial charge is 0.311 e. The minimum atomic E-state index is -0.480. The molecule has 1 aromatic heterocycles. The molecule has 2 aromatic rings. The van der Waals surface area contributed by atoms with E-state index in [0.717, 1.165) is 24.6 Å². The maximum atomic E-state index is 12.4. The minimum absolute atomic E-state index is 0.0217. The molecule has 0 aliphatic carbocycles. The minimum Gasteiger partial charge on any atom is -0.469 e. The highest BCUT2D eigenvalue weighted by Gasteiger charge is 2.18. The number of carbonyl (C=O) groups is 2. The van der Waals surface area contributed by atoms with Gasteiger partial charge in [-0.05, 0) is 32.3 Å². The number of nitrogens with one attached hydrogen (secondary N) is 2. The van der Waals surface area contributed by atoms with Gasteiger partial charge in [0.05, 0.1) is 24.5 Å². The summed E-state index contributed by atoms with van der Waals surface area (Å²) in [6.45, 7) is 3.71. The lowest BCUT2D eigenvalue weighted by Crippen LogP contribution is -2.38. The highest BCUT2D eigenvalue weighted by atomic mass is 32.2. The van der Waals surface area contributed by atoms with Crippen LogP contribution in [0.3, 0.4) is 0 Å². The van der Waals surface area contributed by atoms with Gasteiger partial charge in [0.15, 0.2) is 5.16 Å². The van der Waals surface area contributed by atoms with Crippen molar-refractivity contribution in [3.05, 3.63) is 58.0 Å². The van der Waals surface area contributed by atoms with E-state index in [-0.39, 0.29) is 23.9 Å². The van der Waals surface area contributed by atoms with Gasteiger partial charge < -0.3 is 15.0 Å². The SMILES string of the molecule is COC(=O)Cc1cc(=O)[nH]c(S[C@H](C)C(=O)N[C@H](C)CCc2ccccc2)n1. The molecular weight excluding hydrogens is 378 g/mol. The number of methoxy groups -OCH3 is 1. The summed E-state index contributed by atoms with van der Waals surface area (Å²) in [5.41, 5.74) is 1.16. The average Bonchev–Trinajstić information content (AvgIpc) is 2.66. The Morgan fingerprint density at radius 1 is 1.25 bits per heavy atom. The molecule has 0 aliphatic rings. The molecule has 150 valence electrons. The predicted molar refractivity (Wildman–Crippen MR) is 108 cm³/mol. The van der Waals surface area contributed by atoms with E-state index >= 15 is 0 Å². The quantitative estimate of drug-likeness (QED) is 0.378. The number of aromatic amines is 1. The van der Waals surface area contributed by atoms with Gasteiger partial charge in [0.25, 0.3) is 5.56 Å². The Hall–Kier alpha value is -2.61. The molecule has 2 atom stereocenters. The van der Waals surface area contributed by atoms with Gasteiger partial charge in [-0.2, -0.15) is 0 Å². The molecule has 0 aliphatic heterocycles. The molecule has 2 rings (SSSR count). The second kappa shape index (κ2) is 10.7. The number of thioether (sulfide) groups is 1. The normalized spacial score (nSPS) is 12.8. The van der Waals surface area contributed by atoms with Crippen molar-refractivity contribution >= 4 is 23.6 Å². The van der Waals surface area contributed by atoms with Crippen LogP contribution in [-0.4, -0.2) is 40.2 Å². The van der Waals surface area contributed by atoms with Crippen LogP contribution in [0.4, 0.5) is 0 Å². The fourth-order valence-electron chi connectivity index (χ4n) is 2.53. The third-order valence-corrected chi connectivity index (χ3v) is 5.07. The summed E-state index contributed by atoms with van der Waals surface area (Å²) in [6, 6.07) is 11.4. The Labute approximate surface area is 168 Å². The number of ether oxygens (including phenoxy) is 1. The van der Waals surface area contributed by atoms with E-state index in [1.54, 1.807) is 6.92 Å². The van der Waals surface area contributed by atoms with E-state index in [9.17, 15) is 14.4 Å². The lowest BCUT2D eigenvalue weighted by Gasteiger charge is -2.17. The first kappa shape index (κ1) is 21.7. The summed E-state index contributed by atoms with van der Waals surface area (Å²) in [5, 5.41) is 2.84. The number of nitrogens with zero attached hydrogens (tertiary/aromatic N) is 1. The summed E-state index contributed by atoms with van der Waals surface area (Å²) in [5.74, 6) is -0.612. The van der Waals surface area contributed by atoms with Gasteiger partial charge >= 0.3 is 5.97 Å². The summed E-state index contributed by atoms with van der Waals surface area (Å²) in [4.78, 5) is 42.4. The largest absolute Gasteiger partial charge is 0.469 e. The molecule has 8 heteroatoms. The number of amides is 1. The highest BCUT2D eigenvalue weighted by Crippen LogP contribution is 2.19. The molecule has 1 amide bonds. The van der Waals surface area contributed by atoms with Crippen LogP contribution in [0.5, 0.6) is 0 Å². The Morgan fingerprint density at radius 3 is 2.64 bits per heavy atom. The van der Waals surface area contributed by atoms with E-state index in [1.165, 1.54) is 18.7 Å². The molecule has 0 fully saturated rings. The Bertz CT molecular complexity index is 854. The van der Waals surface area contributed by atoms with E-state index in [4.69, 9.17) is 0 Å². The van der Waals surface area contributed by atoms with Crippen LogP contribution in [0.15, 0.2) is 46.3 Å². The van der Waals surface area contributed by atoms with Crippen molar-refractivity contribution in [1.29, 1.82) is 0 Å². The highest BCUT2D eigenvalue weighted by molar-refractivity contribution is 8.00. The number of hydrogen-bond acceptors (Lipinski definition) is 6. The fourth-order valence-corrected chi connectivity index (χ4v) is 3.37. The van der Waals surface area contributed by atoms with Crippen LogP contribution < -0.4 is 10.9 Å². The molecule has 28 heavy (non-hydrogen) atoms. The van der Waals surface area contributed by atoms with Gasteiger partial charge in [-0.25, -0.2) is 4.98 Å². The molecule has 0 saturated heterocycles. The zero-order chi connectivity index (χ0) is 20.5. The number of benzene rings is 1. The summed E-state index contributed by atoms with van der Waals surface area (Å²) < 4.78 is 4.59. The first-order valence-electron chi connectivity index (χ1n) is 9.05. The molecule has 0 saturated carbocycles. The van der Waals surface area contributed by atoms with Gasteiger partial charge in [0.1, 0.15) is 0 Å². The standard InChI is InChI=1S/C20H25N3O4S/c1-13(9-10-15-7-5-4-6-8-15)21-19(26)14(2)28-20-22-16(11-17(24)23-20)12-18(25)27-3/h4-8,11,13-14H,9-10,12H2,1-3H3,(H,21,26)(H,22,23,24)/t13-,14-/m1/s1. The van der Waals surface area contributed by atoms with Gasteiger partial charge in [-0.3, -0.25) is 14.4 Å². The van der Waals surface area contributed by atoms with Crippen molar-refractivity contribution in [3.8, 4) is 0 Å². The van der Waals surface area contributed by atoms with Gasteiger partial charge in [-0.1, -0.05) is 42.1 Å². The molecule has 0 spiro atoms. The Balaban J connectivity index is 1.89. The number of hydrogen-bond donors (Lipinski definition) is 2. The topological polar surface area (TPSA) is 101 Å². The van der Waals surface area contributed by atoms with Crippen LogP contribution in [0.1, 0.15) is 31.5 Å². The van der Waals surface area contributed by atoms with Crippen LogP contribution in [0.2, 0.25) is 0 Å². The first-order valence-corrected chi connectivity index (χ1v) is 9.93. The van der Waals surface area contributed by atoms with E-state index < -0.39 is 11.2 Å². The maximum Gasteiger partial charge on any atom is 0.311 e. The molecule has 7 nitrogen and oxygen atoms in total. The van der Waals surface area contributed by atoms with Gasteiger partial charge in [0, 0.05) is 12.1 Å². The van der Waals surface area contributed by atoms with Gasteiger partial charge in [-0.15, -0.1) is 0 Å². The molecule has 0 radical (unpaired) electrons. The van der Waals surface area contributed by atoms with Crippen molar-refractivity contribution in [2.75, 3.05) is 7.11 Å². The Kier molecular flexibility index (Phi) is 8.25. The van der Waals surface area contributed by atoms with E-state index in [0.29, 0.717) is 10.9 Å². The van der Waals surface area contributed by atoms with Crippen molar-refractivity contribution < 1.29 is 14.3 Å². The van der Waals surface area contributed by atoms with Crippen LogP contribution in [0, 0.1) is 0 Å². The molecule has 1 heterocycles. The zero-order valence-corrected chi connectivity index (χ0v) is 17.0. The van der Waals surface area contributed by atoms with Gasteiger partial charge in [0.2, 0.25) is 5.91 Å². The lowest BCUT2D eigenvalue weighted by molar-refractivity contribution is -0.139. The molecule has 2 N–H and O–H groups in total. The van der Waals surface area contributed by atoms with Crippen LogP contribution >= 0.6 is 11.8 Å². The van der Waals surface area contributed by atoms with Crippen LogP contribution in [-0.2, 0) is 27.2 Å². The van der Waals surface area contributed by atoms with Crippen molar-refractivity contribution in [3.63, 3.8) is 0 Å². The van der Waals surface area contributed by atoms with Crippen molar-refractivity contribution in [1.82, 2.24) is 15.3 Å². The maximum absolute atomic E-state index is 12.4. The molecule has 0 bridgehead atoms. The van der Waals surface area contributed by atoms with E-state index in [1.807, 2.05) is 25.1 Å². The number of aryl methyl sites for hydroxylation is 1. The monoisotopic (exact) mass is 403 g/mol. The summed E-state index contributed by atoms with van der Waals surface area (Å²) in [7, 11) is 1.27. The zero-order valence-electron chi connectivity index (χ0n) is 16.2. The molecule has 1 aromatic carbocycles. The second-order valence-electron chi connectivity index (χ2n) is 6.49. The molecular formula is C20H25N3O4S. The number of carbonyl (C=O) groups excluding carboxylic acids is 2. The molecule has 0 unspecified atom stereocenters. The first-order chi connectivity index (χ1) is 13.4. The third-order valence-electron chi connectivity index (χ3n) is 4.08. The second-order valence-corrected chi connectivity index (χ2v) is 7.82. The van der Waals surface area contributed by atoms with E-state index in [2.05, 4.69) is 32.2 Å². The Morgan fingerprint density at radius 2 is 1.96 bits per heavy atom. The van der Waals surface area contributed by atoms with Crippen LogP contribution in [0.25, 0.3) is 0 Å². The number of aromatic nitrogens is 2. The lowest BCUT2D eigenvalue weighted by atomic mass is 10.1. The summed E-state index contributed by atoms with van der Waals surface area (Å²) in [6.07, 6.45) is 1.62. The number of H-pyrrole nitrogens is 1. The van der Waals surface area contributed by atoms with Crippen molar-refractivity contribution in [2.45, 2.75) is 49.6 Å². The average molecular weight is 404 g/mol. The summed E-state index contributed by atoms with van der Waals surface area (Å²) >= 11 is 1.14. The predicted octanol–water partition coefficient (Wildman–Crippen LogP) is 2.10. The third kappa shape index (κ3) is 7.19.